The topological polar surface area (TPSA) is 93.2 Å². The van der Waals surface area contributed by atoms with Crippen LogP contribution in [-0.4, -0.2) is 43.1 Å². The molecule has 0 radical (unpaired) electrons. The van der Waals surface area contributed by atoms with Gasteiger partial charge in [0.15, 0.2) is 0 Å². The Balaban J connectivity index is 2.43. The zero-order valence-corrected chi connectivity index (χ0v) is 13.5. The highest BCUT2D eigenvalue weighted by molar-refractivity contribution is 9.10. The lowest BCUT2D eigenvalue weighted by Gasteiger charge is -2.27. The highest BCUT2D eigenvalue weighted by Crippen LogP contribution is 2.25. The van der Waals surface area contributed by atoms with Gasteiger partial charge in [0.1, 0.15) is 12.4 Å². The van der Waals surface area contributed by atoms with Gasteiger partial charge in [0.05, 0.1) is 12.6 Å². The summed E-state index contributed by atoms with van der Waals surface area (Å²) in [6, 6.07) is 0. The molecule has 0 saturated carbocycles. The Kier molecular flexibility index (Phi) is 6.09. The number of aliphatic hydroxyl groups excluding tert-OH is 1. The molecule has 0 aliphatic rings. The van der Waals surface area contributed by atoms with Crippen LogP contribution in [0.3, 0.4) is 0 Å². The first-order valence-corrected chi connectivity index (χ1v) is 7.26. The van der Waals surface area contributed by atoms with E-state index in [0.29, 0.717) is 19.0 Å². The van der Waals surface area contributed by atoms with Gasteiger partial charge in [-0.05, 0) is 17.8 Å². The van der Waals surface area contributed by atoms with Crippen LogP contribution in [0, 0.1) is 16.0 Å². The number of rotatable bonds is 8. The molecule has 1 aromatic rings. The molecular weight excluding hydrogens is 328 g/mol. The lowest BCUT2D eigenvalue weighted by molar-refractivity contribution is -0.397. The molecule has 1 rings (SSSR count). The van der Waals surface area contributed by atoms with E-state index in [1.54, 1.807) is 0 Å². The fourth-order valence-corrected chi connectivity index (χ4v) is 1.79. The molecule has 114 valence electrons. The molecule has 20 heavy (non-hydrogen) atoms. The molecule has 0 aliphatic carbocycles. The highest BCUT2D eigenvalue weighted by atomic mass is 79.9. The quantitative estimate of drug-likeness (QED) is 0.422. The predicted octanol–water partition coefficient (Wildman–Crippen LogP) is 1.55. The maximum absolute atomic E-state index is 10.7. The first-order chi connectivity index (χ1) is 9.24. The number of alkyl halides is 1. The monoisotopic (exact) mass is 348 g/mol. The van der Waals surface area contributed by atoms with Crippen molar-refractivity contribution in [3.05, 3.63) is 22.5 Å². The first-order valence-electron chi connectivity index (χ1n) is 6.47. The molecule has 0 fully saturated rings. The Hall–Kier alpha value is -0.990. The van der Waals surface area contributed by atoms with E-state index in [0.717, 1.165) is 0 Å². The van der Waals surface area contributed by atoms with Crippen molar-refractivity contribution in [1.82, 2.24) is 14.9 Å². The van der Waals surface area contributed by atoms with Gasteiger partial charge in [-0.25, -0.2) is 4.57 Å². The van der Waals surface area contributed by atoms with Gasteiger partial charge in [-0.3, -0.25) is 0 Å². The first kappa shape index (κ1) is 17.1. The third kappa shape index (κ3) is 4.84. The summed E-state index contributed by atoms with van der Waals surface area (Å²) in [5.74, 6) is 0.193. The number of hydrogen-bond acceptors (Lipinski definition) is 5. The second-order valence-corrected chi connectivity index (χ2v) is 7.17. The number of halogens is 1. The molecule has 1 aromatic heterocycles. The fraction of sp³-hybridized carbons (Fsp3) is 0.750. The average Bonchev–Trinajstić information content (AvgIpc) is 2.76. The summed E-state index contributed by atoms with van der Waals surface area (Å²) >= 11 is 3.64. The maximum Gasteiger partial charge on any atom is 0.434 e. The van der Waals surface area contributed by atoms with Crippen molar-refractivity contribution in [3.8, 4) is 0 Å². The predicted molar refractivity (Wildman–Crippen MR) is 79.9 cm³/mol. The van der Waals surface area contributed by atoms with Crippen LogP contribution in [0.2, 0.25) is 0 Å². The number of aromatic nitrogens is 2. The molecule has 7 nitrogen and oxygen atoms in total. The van der Waals surface area contributed by atoms with Crippen molar-refractivity contribution in [2.75, 3.05) is 13.1 Å². The minimum absolute atomic E-state index is 0.0479. The van der Waals surface area contributed by atoms with Crippen LogP contribution in [0.15, 0.2) is 12.4 Å². The standard InChI is InChI=1S/C12H21BrN4O3/c1-9(2)12(3,13)8-14-6-10(18)7-16-5-4-15-11(16)17(19)20/h4-5,9-10,14,18H,6-8H2,1-3H3. The summed E-state index contributed by atoms with van der Waals surface area (Å²) in [5.41, 5.74) is 0. The summed E-state index contributed by atoms with van der Waals surface area (Å²) in [6.07, 6.45) is 2.13. The molecule has 0 spiro atoms. The number of nitrogens with one attached hydrogen (secondary N) is 1. The third-order valence-corrected chi connectivity index (χ3v) is 4.51. The van der Waals surface area contributed by atoms with Crippen molar-refractivity contribution in [3.63, 3.8) is 0 Å². The molecule has 0 aromatic carbocycles. The minimum atomic E-state index is -0.710. The molecule has 2 atom stereocenters. The number of hydrogen-bond donors (Lipinski definition) is 2. The molecule has 2 unspecified atom stereocenters. The zero-order chi connectivity index (χ0) is 15.3. The second-order valence-electron chi connectivity index (χ2n) is 5.35. The van der Waals surface area contributed by atoms with Crippen molar-refractivity contribution in [1.29, 1.82) is 0 Å². The Labute approximate surface area is 126 Å². The molecular formula is C12H21BrN4O3. The van der Waals surface area contributed by atoms with E-state index in [-0.39, 0.29) is 16.8 Å². The lowest BCUT2D eigenvalue weighted by Crippen LogP contribution is -2.40. The smallest absolute Gasteiger partial charge is 0.390 e. The molecule has 0 amide bonds. The highest BCUT2D eigenvalue weighted by Gasteiger charge is 2.24. The molecule has 0 saturated heterocycles. The van der Waals surface area contributed by atoms with Crippen LogP contribution in [0.1, 0.15) is 20.8 Å². The average molecular weight is 349 g/mol. The van der Waals surface area contributed by atoms with Gasteiger partial charge >= 0.3 is 5.95 Å². The Morgan fingerprint density at radius 1 is 1.65 bits per heavy atom. The van der Waals surface area contributed by atoms with E-state index < -0.39 is 11.0 Å². The van der Waals surface area contributed by atoms with Crippen LogP contribution < -0.4 is 5.32 Å². The Bertz CT molecular complexity index is 448. The van der Waals surface area contributed by atoms with E-state index in [4.69, 9.17) is 0 Å². The molecule has 1 heterocycles. The van der Waals surface area contributed by atoms with Gasteiger partial charge in [0.2, 0.25) is 0 Å². The van der Waals surface area contributed by atoms with Crippen molar-refractivity contribution in [2.24, 2.45) is 5.92 Å². The Morgan fingerprint density at radius 2 is 2.30 bits per heavy atom. The van der Waals surface area contributed by atoms with E-state index in [1.165, 1.54) is 17.0 Å². The van der Waals surface area contributed by atoms with Gasteiger partial charge in [-0.1, -0.05) is 34.8 Å². The summed E-state index contributed by atoms with van der Waals surface area (Å²) in [7, 11) is 0. The van der Waals surface area contributed by atoms with E-state index in [1.807, 2.05) is 0 Å². The lowest BCUT2D eigenvalue weighted by atomic mass is 9.98. The van der Waals surface area contributed by atoms with E-state index >= 15 is 0 Å². The van der Waals surface area contributed by atoms with Crippen molar-refractivity contribution in [2.45, 2.75) is 37.7 Å². The largest absolute Gasteiger partial charge is 0.434 e. The van der Waals surface area contributed by atoms with Crippen LogP contribution in [0.25, 0.3) is 0 Å². The molecule has 0 bridgehead atoms. The van der Waals surface area contributed by atoms with Gasteiger partial charge in [-0.2, -0.15) is 0 Å². The van der Waals surface area contributed by atoms with Crippen LogP contribution in [-0.2, 0) is 6.54 Å². The number of nitrogens with zero attached hydrogens (tertiary/aromatic N) is 3. The van der Waals surface area contributed by atoms with Crippen molar-refractivity contribution >= 4 is 21.9 Å². The maximum atomic E-state index is 10.7. The van der Waals surface area contributed by atoms with Gasteiger partial charge in [0.25, 0.3) is 0 Å². The van der Waals surface area contributed by atoms with Crippen LogP contribution in [0.5, 0.6) is 0 Å². The normalized spacial score (nSPS) is 16.1. The van der Waals surface area contributed by atoms with Crippen LogP contribution >= 0.6 is 15.9 Å². The second kappa shape index (κ2) is 7.14. The third-order valence-electron chi connectivity index (χ3n) is 3.32. The summed E-state index contributed by atoms with van der Waals surface area (Å²) in [5, 5.41) is 23.8. The van der Waals surface area contributed by atoms with E-state index in [2.05, 4.69) is 47.0 Å². The van der Waals surface area contributed by atoms with Crippen LogP contribution in [0.4, 0.5) is 5.95 Å². The van der Waals surface area contributed by atoms with Crippen molar-refractivity contribution < 1.29 is 10.0 Å². The number of nitro groups is 1. The summed E-state index contributed by atoms with van der Waals surface area (Å²) in [4.78, 5) is 13.8. The van der Waals surface area contributed by atoms with Gasteiger partial charge in [0, 0.05) is 17.4 Å². The van der Waals surface area contributed by atoms with E-state index in [9.17, 15) is 15.2 Å². The molecule has 8 heteroatoms. The summed E-state index contributed by atoms with van der Waals surface area (Å²) in [6.45, 7) is 7.52. The zero-order valence-electron chi connectivity index (χ0n) is 11.9. The van der Waals surface area contributed by atoms with Gasteiger partial charge in [-0.15, -0.1) is 0 Å². The Morgan fingerprint density at radius 3 is 2.85 bits per heavy atom. The number of aliphatic hydroxyl groups is 1. The fourth-order valence-electron chi connectivity index (χ4n) is 1.59. The molecule has 0 aliphatic heterocycles. The summed E-state index contributed by atoms with van der Waals surface area (Å²) < 4.78 is 1.29. The SMILES string of the molecule is CC(C)C(C)(Br)CNCC(O)Cn1ccnc1[N+](=O)[O-]. The molecule has 2 N–H and O–H groups in total. The minimum Gasteiger partial charge on any atom is -0.390 e. The van der Waals surface area contributed by atoms with Gasteiger partial charge < -0.3 is 20.5 Å². The number of imidazole rings is 1.